The average Bonchev–Trinajstić information content (AvgIpc) is 3.61. The highest BCUT2D eigenvalue weighted by Crippen LogP contribution is 2.54. The Balaban J connectivity index is 1.63. The summed E-state index contributed by atoms with van der Waals surface area (Å²) in [6.45, 7) is 17.4. The zero-order valence-electron chi connectivity index (χ0n) is 32.7. The number of methoxy groups -OCH3 is 1. The molecule has 7 nitrogen and oxygen atoms in total. The van der Waals surface area contributed by atoms with Crippen molar-refractivity contribution in [3.8, 4) is 5.75 Å². The zero-order chi connectivity index (χ0) is 40.5. The number of ketones is 2. The van der Waals surface area contributed by atoms with E-state index in [2.05, 4.69) is 102 Å². The maximum atomic E-state index is 14.1. The van der Waals surface area contributed by atoms with Gasteiger partial charge in [-0.3, -0.25) is 19.4 Å². The number of carbonyl (C=O) groups excluding carboxylic acids is 2. The van der Waals surface area contributed by atoms with Crippen LogP contribution in [0.4, 0.5) is 23.0 Å². The number of hydrogen-bond donors (Lipinski definition) is 0. The van der Waals surface area contributed by atoms with Crippen LogP contribution in [0.5, 0.6) is 5.75 Å². The summed E-state index contributed by atoms with van der Waals surface area (Å²) < 4.78 is 5.61. The van der Waals surface area contributed by atoms with Gasteiger partial charge < -0.3 is 4.74 Å². The molecule has 2 aliphatic rings. The fourth-order valence-electron chi connectivity index (χ4n) is 7.63. The number of nitrogens with zero attached hydrogens (tertiary/aromatic N) is 4. The Kier molecular flexibility index (Phi) is 10.8. The molecule has 0 amide bonds. The summed E-state index contributed by atoms with van der Waals surface area (Å²) in [7, 11) is 1.63. The predicted molar refractivity (Wildman–Crippen MR) is 231 cm³/mol. The van der Waals surface area contributed by atoms with Gasteiger partial charge in [0.1, 0.15) is 11.6 Å². The van der Waals surface area contributed by atoms with Crippen LogP contribution >= 0.6 is 46.4 Å². The SMILES string of the molecule is COc1ccc2nc3c(nc2c1)N(c1c(C(C)C)cccc1C(C)C)/C(=C\C=C1C(=O)c2c(Cl)c(Cl)c(Cl)c(Cl)c2C1=O)N3c1c(C(C)C)cccc1C(C)C. The molecule has 56 heavy (non-hydrogen) atoms. The molecule has 0 spiro atoms. The first-order valence-electron chi connectivity index (χ1n) is 18.7. The minimum atomic E-state index is -0.592. The Labute approximate surface area is 347 Å². The van der Waals surface area contributed by atoms with Crippen LogP contribution in [-0.2, 0) is 0 Å². The van der Waals surface area contributed by atoms with E-state index in [1.807, 2.05) is 18.2 Å². The molecule has 0 saturated heterocycles. The number of ether oxygens (including phenoxy) is 1. The van der Waals surface area contributed by atoms with Crippen molar-refractivity contribution in [1.29, 1.82) is 0 Å². The second-order valence-corrected chi connectivity index (χ2v) is 16.9. The van der Waals surface area contributed by atoms with Gasteiger partial charge in [0.2, 0.25) is 0 Å². The highest BCUT2D eigenvalue weighted by molar-refractivity contribution is 6.57. The van der Waals surface area contributed by atoms with E-state index >= 15 is 0 Å². The third-order valence-corrected chi connectivity index (χ3v) is 12.3. The van der Waals surface area contributed by atoms with Crippen molar-refractivity contribution in [2.45, 2.75) is 79.1 Å². The maximum Gasteiger partial charge on any atom is 0.199 e. The Morgan fingerprint density at radius 3 is 1.38 bits per heavy atom. The van der Waals surface area contributed by atoms with Crippen molar-refractivity contribution < 1.29 is 14.3 Å². The van der Waals surface area contributed by atoms with E-state index in [0.29, 0.717) is 34.2 Å². The zero-order valence-corrected chi connectivity index (χ0v) is 35.7. The lowest BCUT2D eigenvalue weighted by atomic mass is 9.91. The first-order valence-corrected chi connectivity index (χ1v) is 20.2. The van der Waals surface area contributed by atoms with Gasteiger partial charge in [-0.15, -0.1) is 0 Å². The summed E-state index contributed by atoms with van der Waals surface area (Å²) >= 11 is 25.9. The van der Waals surface area contributed by atoms with Gasteiger partial charge in [0.25, 0.3) is 0 Å². The largest absolute Gasteiger partial charge is 0.497 e. The van der Waals surface area contributed by atoms with Crippen LogP contribution in [0.2, 0.25) is 20.1 Å². The van der Waals surface area contributed by atoms with E-state index in [-0.39, 0.29) is 60.5 Å². The first kappa shape index (κ1) is 39.8. The Morgan fingerprint density at radius 1 is 0.571 bits per heavy atom. The number of Topliss-reactive ketones (excluding diaryl/α,β-unsaturated/α-hetero) is 2. The molecule has 4 aromatic carbocycles. The monoisotopic (exact) mass is 826 g/mol. The number of rotatable bonds is 8. The molecular formula is C45H42Cl4N4O3. The van der Waals surface area contributed by atoms with E-state index in [4.69, 9.17) is 61.1 Å². The fourth-order valence-corrected chi connectivity index (χ4v) is 8.65. The highest BCUT2D eigenvalue weighted by Gasteiger charge is 2.43. The molecule has 0 N–H and O–H groups in total. The van der Waals surface area contributed by atoms with Gasteiger partial charge in [0.05, 0.1) is 66.3 Å². The smallest absolute Gasteiger partial charge is 0.199 e. The molecule has 288 valence electrons. The number of fused-ring (bicyclic) bond motifs is 3. The molecular weight excluding hydrogens is 786 g/mol. The lowest BCUT2D eigenvalue weighted by Crippen LogP contribution is -2.26. The number of halogens is 4. The van der Waals surface area contributed by atoms with Crippen LogP contribution in [0.3, 0.4) is 0 Å². The first-order chi connectivity index (χ1) is 26.6. The number of para-hydroxylation sites is 2. The van der Waals surface area contributed by atoms with E-state index in [1.165, 1.54) is 0 Å². The van der Waals surface area contributed by atoms with Gasteiger partial charge in [-0.05, 0) is 70.2 Å². The van der Waals surface area contributed by atoms with Gasteiger partial charge in [-0.2, -0.15) is 0 Å². The maximum absolute atomic E-state index is 14.1. The van der Waals surface area contributed by atoms with Gasteiger partial charge in [-0.25, -0.2) is 9.97 Å². The van der Waals surface area contributed by atoms with Crippen molar-refractivity contribution in [3.05, 3.63) is 132 Å². The number of allylic oxidation sites excluding steroid dienone is 3. The number of aromatic nitrogens is 2. The molecule has 1 aromatic heterocycles. The van der Waals surface area contributed by atoms with E-state index in [1.54, 1.807) is 19.3 Å². The number of hydrogen-bond acceptors (Lipinski definition) is 7. The highest BCUT2D eigenvalue weighted by atomic mass is 35.5. The summed E-state index contributed by atoms with van der Waals surface area (Å²) in [5.74, 6) is 1.79. The lowest BCUT2D eigenvalue weighted by Gasteiger charge is -2.32. The second kappa shape index (κ2) is 15.2. The predicted octanol–water partition coefficient (Wildman–Crippen LogP) is 13.9. The van der Waals surface area contributed by atoms with E-state index < -0.39 is 11.6 Å². The Bertz CT molecular complexity index is 2440. The molecule has 0 fully saturated rings. The van der Waals surface area contributed by atoms with Crippen molar-refractivity contribution in [2.75, 3.05) is 16.9 Å². The Hall–Kier alpha value is -4.40. The molecule has 0 radical (unpaired) electrons. The average molecular weight is 829 g/mol. The molecule has 2 heterocycles. The van der Waals surface area contributed by atoms with Gasteiger partial charge in [0.15, 0.2) is 23.2 Å². The summed E-state index contributed by atoms with van der Waals surface area (Å²) in [6.07, 6.45) is 3.35. The lowest BCUT2D eigenvalue weighted by molar-refractivity contribution is 0.0989. The third kappa shape index (κ3) is 6.37. The standard InChI is InChI=1S/C45H42Cl4N4O3/c1-21(2)26-12-10-13-27(22(3)4)40(26)52-33(19-17-30-42(54)34-35(43(30)55)37(47)39(49)38(48)36(34)46)53(41-28(23(5)6)14-11-15-29(41)24(7)8)45-44(52)50-31-18-16-25(56-9)20-32(31)51-45/h10-24H,1-9H3/b33-19-. The summed E-state index contributed by atoms with van der Waals surface area (Å²) in [5, 5.41) is -0.393. The van der Waals surface area contributed by atoms with Crippen LogP contribution in [-0.4, -0.2) is 28.6 Å². The number of carbonyl (C=O) groups is 2. The van der Waals surface area contributed by atoms with Gasteiger partial charge in [-0.1, -0.05) is 138 Å². The van der Waals surface area contributed by atoms with Crippen LogP contribution in [0.1, 0.15) is 122 Å². The normalized spacial score (nSPS) is 14.8. The molecule has 0 unspecified atom stereocenters. The summed E-state index contributed by atoms with van der Waals surface area (Å²) in [4.78, 5) is 43.3. The molecule has 1 aliphatic carbocycles. The molecule has 0 bridgehead atoms. The van der Waals surface area contributed by atoms with Crippen molar-refractivity contribution in [3.63, 3.8) is 0 Å². The molecule has 11 heteroatoms. The van der Waals surface area contributed by atoms with Crippen LogP contribution in [0.15, 0.2) is 78.1 Å². The van der Waals surface area contributed by atoms with Crippen LogP contribution < -0.4 is 14.5 Å². The summed E-state index contributed by atoms with van der Waals surface area (Å²) in [6, 6.07) is 18.4. The third-order valence-electron chi connectivity index (χ3n) is 10.5. The minimum Gasteiger partial charge on any atom is -0.497 e. The topological polar surface area (TPSA) is 75.6 Å². The Morgan fingerprint density at radius 2 is 0.982 bits per heavy atom. The molecule has 7 rings (SSSR count). The fraction of sp³-hybridized carbons (Fsp3) is 0.289. The molecule has 1 aliphatic heterocycles. The van der Waals surface area contributed by atoms with Crippen LogP contribution in [0.25, 0.3) is 11.0 Å². The molecule has 0 saturated carbocycles. The second-order valence-electron chi connectivity index (χ2n) is 15.4. The number of anilines is 4. The minimum absolute atomic E-state index is 0.0628. The quantitative estimate of drug-likeness (QED) is 0.0667. The van der Waals surface area contributed by atoms with Crippen LogP contribution in [0, 0.1) is 0 Å². The van der Waals surface area contributed by atoms with Crippen molar-refractivity contribution >= 4 is 92.0 Å². The van der Waals surface area contributed by atoms with Crippen molar-refractivity contribution in [1.82, 2.24) is 9.97 Å². The van der Waals surface area contributed by atoms with E-state index in [0.717, 1.165) is 33.6 Å². The van der Waals surface area contributed by atoms with Gasteiger partial charge >= 0.3 is 0 Å². The van der Waals surface area contributed by atoms with Crippen molar-refractivity contribution in [2.24, 2.45) is 0 Å². The number of benzene rings is 4. The molecule has 5 aromatic rings. The summed E-state index contributed by atoms with van der Waals surface area (Å²) in [5.41, 5.74) is 7.38. The van der Waals surface area contributed by atoms with E-state index in [9.17, 15) is 9.59 Å². The molecule has 0 atom stereocenters. The van der Waals surface area contributed by atoms with Gasteiger partial charge in [0, 0.05) is 6.07 Å².